The maximum absolute atomic E-state index is 12.0. The van der Waals surface area contributed by atoms with Crippen molar-refractivity contribution in [2.45, 2.75) is 6.42 Å². The van der Waals surface area contributed by atoms with Gasteiger partial charge in [-0.15, -0.1) is 0 Å². The van der Waals surface area contributed by atoms with Gasteiger partial charge < -0.3 is 5.73 Å². The second-order valence-electron chi connectivity index (χ2n) is 4.06. The van der Waals surface area contributed by atoms with Crippen LogP contribution in [0.4, 0.5) is 0 Å². The van der Waals surface area contributed by atoms with Gasteiger partial charge in [-0.1, -0.05) is 12.1 Å². The molecule has 1 aliphatic rings. The lowest BCUT2D eigenvalue weighted by atomic mass is 10.1. The molecule has 2 amide bonds. The van der Waals surface area contributed by atoms with Gasteiger partial charge in [0.25, 0.3) is 11.8 Å². The lowest BCUT2D eigenvalue weighted by Gasteiger charge is -2.13. The molecule has 0 saturated carbocycles. The van der Waals surface area contributed by atoms with Crippen molar-refractivity contribution in [3.05, 3.63) is 35.4 Å². The molecule has 1 aliphatic heterocycles. The van der Waals surface area contributed by atoms with Crippen LogP contribution in [0, 0.1) is 0 Å². The Bertz CT molecular complexity index is 427. The van der Waals surface area contributed by atoms with Crippen molar-refractivity contribution < 1.29 is 9.59 Å². The molecule has 0 aromatic heterocycles. The number of benzene rings is 1. The number of imide groups is 1. The van der Waals surface area contributed by atoms with Crippen LogP contribution in [0.2, 0.25) is 0 Å². The summed E-state index contributed by atoms with van der Waals surface area (Å²) in [5, 5.41) is 0. The van der Waals surface area contributed by atoms with Crippen LogP contribution in [0.25, 0.3) is 0 Å². The summed E-state index contributed by atoms with van der Waals surface area (Å²) in [5.41, 5.74) is 6.45. The highest BCUT2D eigenvalue weighted by molar-refractivity contribution is 7.99. The minimum atomic E-state index is -0.171. The monoisotopic (exact) mass is 264 g/mol. The average molecular weight is 264 g/mol. The average Bonchev–Trinajstić information content (AvgIpc) is 2.64. The van der Waals surface area contributed by atoms with Gasteiger partial charge in [0.05, 0.1) is 11.1 Å². The van der Waals surface area contributed by atoms with Crippen molar-refractivity contribution in [3.8, 4) is 0 Å². The van der Waals surface area contributed by atoms with E-state index in [1.54, 1.807) is 36.0 Å². The number of rotatable bonds is 6. The SMILES string of the molecule is NCCCSCCN1C(=O)c2ccccc2C1=O. The highest BCUT2D eigenvalue weighted by atomic mass is 32.2. The minimum Gasteiger partial charge on any atom is -0.330 e. The number of nitrogens with zero attached hydrogens (tertiary/aromatic N) is 1. The van der Waals surface area contributed by atoms with Crippen molar-refractivity contribution in [3.63, 3.8) is 0 Å². The summed E-state index contributed by atoms with van der Waals surface area (Å²) < 4.78 is 0. The Labute approximate surface area is 111 Å². The molecule has 0 fully saturated rings. The van der Waals surface area contributed by atoms with Crippen molar-refractivity contribution >= 4 is 23.6 Å². The predicted octanol–water partition coefficient (Wildman–Crippen LogP) is 1.36. The van der Waals surface area contributed by atoms with Crippen LogP contribution in [0.1, 0.15) is 27.1 Å². The Morgan fingerprint density at radius 3 is 2.22 bits per heavy atom. The first-order valence-corrected chi connectivity index (χ1v) is 7.14. The zero-order valence-corrected chi connectivity index (χ0v) is 10.9. The number of carbonyl (C=O) groups is 2. The molecule has 4 nitrogen and oxygen atoms in total. The number of carbonyl (C=O) groups excluding carboxylic acids is 2. The Balaban J connectivity index is 1.93. The molecule has 5 heteroatoms. The van der Waals surface area contributed by atoms with Gasteiger partial charge in [0.15, 0.2) is 0 Å². The predicted molar refractivity (Wildman–Crippen MR) is 72.8 cm³/mol. The molecule has 0 aliphatic carbocycles. The second kappa shape index (κ2) is 6.02. The number of nitrogens with two attached hydrogens (primary N) is 1. The normalized spacial score (nSPS) is 14.2. The van der Waals surface area contributed by atoms with Crippen LogP contribution in [0.3, 0.4) is 0 Å². The summed E-state index contributed by atoms with van der Waals surface area (Å²) in [5.74, 6) is 1.40. The van der Waals surface area contributed by atoms with Crippen LogP contribution in [-0.4, -0.2) is 41.3 Å². The number of hydrogen-bond acceptors (Lipinski definition) is 4. The number of hydrogen-bond donors (Lipinski definition) is 1. The molecule has 96 valence electrons. The quantitative estimate of drug-likeness (QED) is 0.622. The molecule has 2 rings (SSSR count). The standard InChI is InChI=1S/C13H16N2O2S/c14-6-3-8-18-9-7-15-12(16)10-4-1-2-5-11(10)13(15)17/h1-2,4-5H,3,6-9,14H2. The van der Waals surface area contributed by atoms with E-state index in [0.717, 1.165) is 17.9 Å². The Hall–Kier alpha value is -1.33. The van der Waals surface area contributed by atoms with Gasteiger partial charge in [-0.2, -0.15) is 11.8 Å². The van der Waals surface area contributed by atoms with E-state index in [-0.39, 0.29) is 11.8 Å². The van der Waals surface area contributed by atoms with Crippen LogP contribution >= 0.6 is 11.8 Å². The summed E-state index contributed by atoms with van der Waals surface area (Å²) in [6.07, 6.45) is 0.965. The Morgan fingerprint density at radius 2 is 1.67 bits per heavy atom. The van der Waals surface area contributed by atoms with E-state index in [4.69, 9.17) is 5.73 Å². The summed E-state index contributed by atoms with van der Waals surface area (Å²) >= 11 is 1.72. The van der Waals surface area contributed by atoms with E-state index in [9.17, 15) is 9.59 Å². The summed E-state index contributed by atoms with van der Waals surface area (Å²) in [7, 11) is 0. The van der Waals surface area contributed by atoms with E-state index in [1.807, 2.05) is 0 Å². The number of amides is 2. The maximum atomic E-state index is 12.0. The second-order valence-corrected chi connectivity index (χ2v) is 5.29. The van der Waals surface area contributed by atoms with Gasteiger partial charge >= 0.3 is 0 Å². The van der Waals surface area contributed by atoms with Crippen LogP contribution in [0.15, 0.2) is 24.3 Å². The summed E-state index contributed by atoms with van der Waals surface area (Å²) in [6, 6.07) is 6.97. The lowest BCUT2D eigenvalue weighted by Crippen LogP contribution is -2.31. The van der Waals surface area contributed by atoms with E-state index in [1.165, 1.54) is 4.90 Å². The first-order valence-electron chi connectivity index (χ1n) is 5.98. The number of thioether (sulfide) groups is 1. The van der Waals surface area contributed by atoms with Gasteiger partial charge in [0, 0.05) is 12.3 Å². The third-order valence-corrected chi connectivity index (χ3v) is 3.88. The largest absolute Gasteiger partial charge is 0.330 e. The zero-order valence-electron chi connectivity index (χ0n) is 10.1. The van der Waals surface area contributed by atoms with E-state index in [0.29, 0.717) is 24.2 Å². The smallest absolute Gasteiger partial charge is 0.261 e. The van der Waals surface area contributed by atoms with Crippen LogP contribution in [0.5, 0.6) is 0 Å². The third-order valence-electron chi connectivity index (χ3n) is 2.83. The fourth-order valence-corrected chi connectivity index (χ4v) is 2.77. The summed E-state index contributed by atoms with van der Waals surface area (Å²) in [4.78, 5) is 25.3. The third kappa shape index (κ3) is 2.57. The molecule has 0 saturated heterocycles. The highest BCUT2D eigenvalue weighted by Gasteiger charge is 2.34. The topological polar surface area (TPSA) is 63.4 Å². The molecular formula is C13H16N2O2S. The maximum Gasteiger partial charge on any atom is 0.261 e. The Kier molecular flexibility index (Phi) is 4.38. The van der Waals surface area contributed by atoms with Gasteiger partial charge in [-0.05, 0) is 30.9 Å². The molecule has 1 aromatic rings. The molecule has 1 heterocycles. The lowest BCUT2D eigenvalue weighted by molar-refractivity contribution is 0.0664. The molecule has 0 spiro atoms. The fourth-order valence-electron chi connectivity index (χ4n) is 1.89. The Morgan fingerprint density at radius 1 is 1.06 bits per heavy atom. The van der Waals surface area contributed by atoms with Crippen molar-refractivity contribution in [1.29, 1.82) is 0 Å². The first-order chi connectivity index (χ1) is 8.75. The molecule has 0 radical (unpaired) electrons. The summed E-state index contributed by atoms with van der Waals surface area (Å²) in [6.45, 7) is 1.15. The van der Waals surface area contributed by atoms with Crippen LogP contribution in [-0.2, 0) is 0 Å². The first kappa shape index (κ1) is 13.1. The van der Waals surface area contributed by atoms with Gasteiger partial charge in [0.2, 0.25) is 0 Å². The fraction of sp³-hybridized carbons (Fsp3) is 0.385. The van der Waals surface area contributed by atoms with Crippen molar-refractivity contribution in [2.24, 2.45) is 5.73 Å². The highest BCUT2D eigenvalue weighted by Crippen LogP contribution is 2.22. The van der Waals surface area contributed by atoms with Crippen molar-refractivity contribution in [2.75, 3.05) is 24.6 Å². The van der Waals surface area contributed by atoms with Crippen LogP contribution < -0.4 is 5.73 Å². The molecule has 0 bridgehead atoms. The molecule has 1 aromatic carbocycles. The molecule has 2 N–H and O–H groups in total. The van der Waals surface area contributed by atoms with Gasteiger partial charge in [0.1, 0.15) is 0 Å². The molecule has 18 heavy (non-hydrogen) atoms. The van der Waals surface area contributed by atoms with E-state index < -0.39 is 0 Å². The van der Waals surface area contributed by atoms with Gasteiger partial charge in [-0.3, -0.25) is 14.5 Å². The minimum absolute atomic E-state index is 0.171. The molecule has 0 unspecified atom stereocenters. The van der Waals surface area contributed by atoms with E-state index in [2.05, 4.69) is 0 Å². The van der Waals surface area contributed by atoms with Crippen molar-refractivity contribution in [1.82, 2.24) is 4.90 Å². The number of fused-ring (bicyclic) bond motifs is 1. The van der Waals surface area contributed by atoms with E-state index >= 15 is 0 Å². The van der Waals surface area contributed by atoms with Gasteiger partial charge in [-0.25, -0.2) is 0 Å². The molecule has 0 atom stereocenters. The zero-order chi connectivity index (χ0) is 13.0. The molecular weight excluding hydrogens is 248 g/mol.